The van der Waals surface area contributed by atoms with Crippen molar-refractivity contribution in [1.82, 2.24) is 15.2 Å². The molecule has 0 fully saturated rings. The maximum atomic E-state index is 12.9. The first-order chi connectivity index (χ1) is 14.2. The highest BCUT2D eigenvalue weighted by atomic mass is 32.2. The molecule has 0 aliphatic carbocycles. The third-order valence-corrected chi connectivity index (χ3v) is 5.94. The number of nitrogens with zero attached hydrogens (tertiary/aromatic N) is 3. The van der Waals surface area contributed by atoms with E-state index in [4.69, 9.17) is 4.74 Å². The van der Waals surface area contributed by atoms with Crippen molar-refractivity contribution in [2.75, 3.05) is 18.2 Å². The molecule has 3 aromatic rings. The molecular formula is C19H17F3N4O2S2. The summed E-state index contributed by atoms with van der Waals surface area (Å²) in [5.74, 6) is -0.398. The van der Waals surface area contributed by atoms with E-state index in [1.807, 2.05) is 13.8 Å². The van der Waals surface area contributed by atoms with Crippen LogP contribution in [-0.4, -0.2) is 34.0 Å². The summed E-state index contributed by atoms with van der Waals surface area (Å²) in [5, 5.41) is 12.2. The van der Waals surface area contributed by atoms with Gasteiger partial charge in [-0.1, -0.05) is 11.8 Å². The van der Waals surface area contributed by atoms with Crippen LogP contribution in [0, 0.1) is 13.8 Å². The fourth-order valence-electron chi connectivity index (χ4n) is 2.59. The smallest absolute Gasteiger partial charge is 0.416 e. The Labute approximate surface area is 178 Å². The molecule has 0 bridgehead atoms. The van der Waals surface area contributed by atoms with Gasteiger partial charge in [0, 0.05) is 0 Å². The van der Waals surface area contributed by atoms with E-state index in [0.717, 1.165) is 39.5 Å². The number of ether oxygens (including phenoxy) is 1. The van der Waals surface area contributed by atoms with Crippen LogP contribution in [0.5, 0.6) is 5.75 Å². The first-order valence-corrected chi connectivity index (χ1v) is 10.4. The van der Waals surface area contributed by atoms with Gasteiger partial charge in [-0.2, -0.15) is 13.2 Å². The second kappa shape index (κ2) is 9.00. The van der Waals surface area contributed by atoms with Gasteiger partial charge in [-0.3, -0.25) is 4.79 Å². The van der Waals surface area contributed by atoms with Crippen LogP contribution in [0.4, 0.5) is 18.9 Å². The number of amides is 1. The van der Waals surface area contributed by atoms with E-state index < -0.39 is 17.6 Å². The zero-order valence-electron chi connectivity index (χ0n) is 16.2. The number of thiazole rings is 1. The van der Waals surface area contributed by atoms with Crippen LogP contribution in [0.1, 0.15) is 16.3 Å². The van der Waals surface area contributed by atoms with Crippen LogP contribution in [0.15, 0.2) is 35.4 Å². The van der Waals surface area contributed by atoms with Crippen molar-refractivity contribution in [1.29, 1.82) is 0 Å². The molecule has 0 saturated carbocycles. The molecule has 0 spiro atoms. The number of halogens is 3. The van der Waals surface area contributed by atoms with Crippen molar-refractivity contribution < 1.29 is 22.7 Å². The van der Waals surface area contributed by atoms with Crippen LogP contribution in [0.2, 0.25) is 0 Å². The highest BCUT2D eigenvalue weighted by molar-refractivity contribution is 7.99. The maximum Gasteiger partial charge on any atom is 0.416 e. The average molecular weight is 454 g/mol. The number of aromatic nitrogens is 3. The van der Waals surface area contributed by atoms with E-state index in [1.54, 1.807) is 12.1 Å². The number of thioether (sulfide) groups is 1. The molecule has 1 N–H and O–H groups in total. The monoisotopic (exact) mass is 454 g/mol. The topological polar surface area (TPSA) is 77.0 Å². The van der Waals surface area contributed by atoms with Crippen molar-refractivity contribution in [3.8, 4) is 16.3 Å². The van der Waals surface area contributed by atoms with Gasteiger partial charge in [-0.15, -0.1) is 21.5 Å². The Morgan fingerprint density at radius 1 is 1.20 bits per heavy atom. The lowest BCUT2D eigenvalue weighted by molar-refractivity contribution is -0.137. The minimum Gasteiger partial charge on any atom is -0.495 e. The molecule has 2 heterocycles. The van der Waals surface area contributed by atoms with Crippen LogP contribution < -0.4 is 10.1 Å². The number of nitrogens with one attached hydrogen (secondary N) is 1. The molecule has 158 valence electrons. The van der Waals surface area contributed by atoms with Gasteiger partial charge < -0.3 is 10.1 Å². The quantitative estimate of drug-likeness (QED) is 0.530. The number of methoxy groups -OCH3 is 1. The molecule has 0 saturated heterocycles. The van der Waals surface area contributed by atoms with Crippen molar-refractivity contribution >= 4 is 34.7 Å². The Bertz CT molecular complexity index is 1050. The summed E-state index contributed by atoms with van der Waals surface area (Å²) in [4.78, 5) is 17.5. The molecule has 0 unspecified atom stereocenters. The number of carbonyl (C=O) groups is 1. The van der Waals surface area contributed by atoms with Crippen LogP contribution in [-0.2, 0) is 11.0 Å². The number of hydrogen-bond acceptors (Lipinski definition) is 7. The van der Waals surface area contributed by atoms with E-state index in [1.165, 1.54) is 24.5 Å². The van der Waals surface area contributed by atoms with Crippen molar-refractivity contribution in [3.63, 3.8) is 0 Å². The van der Waals surface area contributed by atoms with Gasteiger partial charge in [0.1, 0.15) is 16.5 Å². The fraction of sp³-hybridized carbons (Fsp3) is 0.263. The molecule has 0 radical (unpaired) electrons. The number of carbonyl (C=O) groups excluding carboxylic acids is 1. The molecular weight excluding hydrogens is 437 g/mol. The van der Waals surface area contributed by atoms with Crippen molar-refractivity contribution in [2.45, 2.75) is 25.0 Å². The van der Waals surface area contributed by atoms with Gasteiger partial charge in [-0.05, 0) is 44.2 Å². The highest BCUT2D eigenvalue weighted by Crippen LogP contribution is 2.35. The first kappa shape index (κ1) is 22.0. The summed E-state index contributed by atoms with van der Waals surface area (Å²) in [6.07, 6.45) is -4.52. The molecule has 2 aromatic heterocycles. The lowest BCUT2D eigenvalue weighted by Gasteiger charge is -2.13. The second-order valence-corrected chi connectivity index (χ2v) is 8.35. The van der Waals surface area contributed by atoms with Crippen LogP contribution in [0.25, 0.3) is 10.6 Å². The minimum atomic E-state index is -4.52. The molecule has 0 atom stereocenters. The summed E-state index contributed by atoms with van der Waals surface area (Å²) >= 11 is 2.65. The van der Waals surface area contributed by atoms with Crippen LogP contribution >= 0.6 is 23.1 Å². The van der Waals surface area contributed by atoms with Gasteiger partial charge in [0.25, 0.3) is 0 Å². The standard InChI is InChI=1S/C19H17F3N4O2S2/c1-10-18(30-11(2)23-10)13-5-7-17(26-25-13)29-9-16(27)24-14-8-12(19(20,21)22)4-6-15(14)28-3/h4-8H,9H2,1-3H3,(H,24,27). The lowest BCUT2D eigenvalue weighted by Crippen LogP contribution is -2.16. The fourth-order valence-corrected chi connectivity index (χ4v) is 4.09. The summed E-state index contributed by atoms with van der Waals surface area (Å²) in [5.41, 5.74) is 0.652. The molecule has 1 aromatic carbocycles. The zero-order chi connectivity index (χ0) is 21.9. The Morgan fingerprint density at radius 2 is 1.97 bits per heavy atom. The number of hydrogen-bond donors (Lipinski definition) is 1. The molecule has 30 heavy (non-hydrogen) atoms. The molecule has 0 aliphatic heterocycles. The number of anilines is 1. The van der Waals surface area contributed by atoms with Crippen LogP contribution in [0.3, 0.4) is 0 Å². The van der Waals surface area contributed by atoms with E-state index in [2.05, 4.69) is 20.5 Å². The molecule has 0 aliphatic rings. The number of rotatable bonds is 6. The molecule has 3 rings (SSSR count). The first-order valence-electron chi connectivity index (χ1n) is 8.63. The minimum absolute atomic E-state index is 0.0459. The van der Waals surface area contributed by atoms with E-state index in [9.17, 15) is 18.0 Å². The Balaban J connectivity index is 1.64. The van der Waals surface area contributed by atoms with Gasteiger partial charge in [0.15, 0.2) is 0 Å². The van der Waals surface area contributed by atoms with Crippen molar-refractivity contribution in [3.05, 3.63) is 46.6 Å². The zero-order valence-corrected chi connectivity index (χ0v) is 17.8. The summed E-state index contributed by atoms with van der Waals surface area (Å²) in [6.45, 7) is 3.81. The maximum absolute atomic E-state index is 12.9. The highest BCUT2D eigenvalue weighted by Gasteiger charge is 2.31. The molecule has 11 heteroatoms. The predicted molar refractivity (Wildman–Crippen MR) is 110 cm³/mol. The van der Waals surface area contributed by atoms with E-state index >= 15 is 0 Å². The Morgan fingerprint density at radius 3 is 2.53 bits per heavy atom. The second-order valence-electron chi connectivity index (χ2n) is 6.15. The van der Waals surface area contributed by atoms with E-state index in [0.29, 0.717) is 10.7 Å². The summed E-state index contributed by atoms with van der Waals surface area (Å²) in [7, 11) is 1.32. The molecule has 1 amide bonds. The third kappa shape index (κ3) is 5.28. The Hall–Kier alpha value is -2.66. The van der Waals surface area contributed by atoms with Gasteiger partial charge in [-0.25, -0.2) is 4.98 Å². The predicted octanol–water partition coefficient (Wildman–Crippen LogP) is 4.98. The number of aryl methyl sites for hydroxylation is 2. The van der Waals surface area contributed by atoms with E-state index in [-0.39, 0.29) is 17.2 Å². The number of alkyl halides is 3. The largest absolute Gasteiger partial charge is 0.495 e. The Kier molecular flexibility index (Phi) is 6.61. The van der Waals surface area contributed by atoms with Gasteiger partial charge >= 0.3 is 6.18 Å². The third-order valence-electron chi connectivity index (χ3n) is 3.93. The average Bonchev–Trinajstić information content (AvgIpc) is 3.04. The normalized spacial score (nSPS) is 11.4. The van der Waals surface area contributed by atoms with Crippen molar-refractivity contribution in [2.24, 2.45) is 0 Å². The number of benzene rings is 1. The summed E-state index contributed by atoms with van der Waals surface area (Å²) < 4.78 is 43.8. The summed E-state index contributed by atoms with van der Waals surface area (Å²) in [6, 6.07) is 6.43. The van der Waals surface area contributed by atoms with Gasteiger partial charge in [0.05, 0.1) is 39.7 Å². The lowest BCUT2D eigenvalue weighted by atomic mass is 10.2. The van der Waals surface area contributed by atoms with Gasteiger partial charge in [0.2, 0.25) is 5.91 Å². The SMILES string of the molecule is COc1ccc(C(F)(F)F)cc1NC(=O)CSc1ccc(-c2sc(C)nc2C)nn1. The molecule has 6 nitrogen and oxygen atoms in total.